The average Bonchev–Trinajstić information content (AvgIpc) is 2.98. The molecule has 1 amide bonds. The van der Waals surface area contributed by atoms with Gasteiger partial charge in [0.2, 0.25) is 0 Å². The summed E-state index contributed by atoms with van der Waals surface area (Å²) in [5.41, 5.74) is 7.36. The van der Waals surface area contributed by atoms with E-state index >= 15 is 0 Å². The van der Waals surface area contributed by atoms with E-state index in [1.54, 1.807) is 0 Å². The molecule has 0 atom stereocenters. The molecule has 4 nitrogen and oxygen atoms in total. The number of thiazole rings is 1. The molecule has 0 unspecified atom stereocenters. The van der Waals surface area contributed by atoms with Crippen LogP contribution in [0.3, 0.4) is 0 Å². The fourth-order valence-corrected chi connectivity index (χ4v) is 3.29. The highest BCUT2D eigenvalue weighted by Crippen LogP contribution is 2.26. The number of halogens is 1. The van der Waals surface area contributed by atoms with Gasteiger partial charge in [0, 0.05) is 35.1 Å². The Morgan fingerprint density at radius 2 is 1.95 bits per heavy atom. The molecule has 0 spiro atoms. The number of nitrogens with two attached hydrogens (primary N) is 1. The van der Waals surface area contributed by atoms with Gasteiger partial charge in [-0.05, 0) is 25.0 Å². The Balaban J connectivity index is 1.75. The summed E-state index contributed by atoms with van der Waals surface area (Å²) in [5, 5.41) is 3.35. The lowest BCUT2D eigenvalue weighted by Crippen LogP contribution is -2.42. The van der Waals surface area contributed by atoms with E-state index in [0.29, 0.717) is 23.8 Å². The summed E-state index contributed by atoms with van der Waals surface area (Å²) in [7, 11) is 0. The molecule has 110 valence electrons. The number of nitrogens with zero attached hydrogens (tertiary/aromatic N) is 2. The number of carbonyl (C=O) groups is 1. The maximum absolute atomic E-state index is 12.4. The monoisotopic (exact) mass is 321 g/mol. The van der Waals surface area contributed by atoms with Gasteiger partial charge in [-0.3, -0.25) is 4.79 Å². The van der Waals surface area contributed by atoms with E-state index in [1.807, 2.05) is 34.5 Å². The van der Waals surface area contributed by atoms with Crippen LogP contribution in [0.2, 0.25) is 5.02 Å². The largest absolute Gasteiger partial charge is 0.337 e. The van der Waals surface area contributed by atoms with Crippen molar-refractivity contribution in [2.24, 2.45) is 5.73 Å². The molecule has 1 aliphatic heterocycles. The van der Waals surface area contributed by atoms with Crippen LogP contribution in [0.15, 0.2) is 29.6 Å². The quantitative estimate of drug-likeness (QED) is 0.925. The van der Waals surface area contributed by atoms with Gasteiger partial charge in [0.05, 0.1) is 0 Å². The molecule has 1 aromatic heterocycles. The molecule has 0 bridgehead atoms. The number of piperidine rings is 1. The highest BCUT2D eigenvalue weighted by molar-refractivity contribution is 7.13. The standard InChI is InChI=1S/C15H16ClN3OS/c16-11-3-1-10(2-4-11)14-18-13(9-21-14)15(20)19-7-5-12(17)6-8-19/h1-4,9,12H,5-8,17H2. The van der Waals surface area contributed by atoms with Crippen molar-refractivity contribution in [1.82, 2.24) is 9.88 Å². The number of hydrogen-bond acceptors (Lipinski definition) is 4. The van der Waals surface area contributed by atoms with E-state index < -0.39 is 0 Å². The molecule has 0 radical (unpaired) electrons. The summed E-state index contributed by atoms with van der Waals surface area (Å²) in [4.78, 5) is 18.7. The van der Waals surface area contributed by atoms with Crippen LogP contribution in [0.5, 0.6) is 0 Å². The molecule has 1 fully saturated rings. The predicted molar refractivity (Wildman–Crippen MR) is 85.7 cm³/mol. The lowest BCUT2D eigenvalue weighted by atomic mass is 10.1. The number of aromatic nitrogens is 1. The van der Waals surface area contributed by atoms with Gasteiger partial charge in [-0.15, -0.1) is 11.3 Å². The molecule has 1 saturated heterocycles. The highest BCUT2D eigenvalue weighted by Gasteiger charge is 2.23. The lowest BCUT2D eigenvalue weighted by molar-refractivity contribution is 0.0709. The molecule has 1 aromatic carbocycles. The third kappa shape index (κ3) is 3.26. The number of benzene rings is 1. The van der Waals surface area contributed by atoms with Crippen LogP contribution in [-0.2, 0) is 0 Å². The third-order valence-corrected chi connectivity index (χ3v) is 4.78. The average molecular weight is 322 g/mol. The number of likely N-dealkylation sites (tertiary alicyclic amines) is 1. The van der Waals surface area contributed by atoms with Gasteiger partial charge in [0.1, 0.15) is 10.7 Å². The second-order valence-electron chi connectivity index (χ2n) is 5.17. The normalized spacial score (nSPS) is 16.2. The first-order valence-electron chi connectivity index (χ1n) is 6.90. The van der Waals surface area contributed by atoms with Crippen molar-refractivity contribution in [2.75, 3.05) is 13.1 Å². The molecule has 6 heteroatoms. The number of hydrogen-bond donors (Lipinski definition) is 1. The highest BCUT2D eigenvalue weighted by atomic mass is 35.5. The van der Waals surface area contributed by atoms with Gasteiger partial charge < -0.3 is 10.6 Å². The number of carbonyl (C=O) groups excluding carboxylic acids is 1. The Morgan fingerprint density at radius 3 is 2.62 bits per heavy atom. The zero-order valence-corrected chi connectivity index (χ0v) is 13.0. The molecule has 2 heterocycles. The Bertz CT molecular complexity index is 633. The van der Waals surface area contributed by atoms with Gasteiger partial charge in [0.15, 0.2) is 0 Å². The first kappa shape index (κ1) is 14.5. The molecule has 2 aromatic rings. The van der Waals surface area contributed by atoms with Gasteiger partial charge in [-0.1, -0.05) is 23.7 Å². The van der Waals surface area contributed by atoms with E-state index in [0.717, 1.165) is 23.4 Å². The molecule has 1 aliphatic rings. The van der Waals surface area contributed by atoms with E-state index in [9.17, 15) is 4.79 Å². The minimum atomic E-state index is -0.00152. The fraction of sp³-hybridized carbons (Fsp3) is 0.333. The molecule has 0 saturated carbocycles. The minimum absolute atomic E-state index is 0.00152. The summed E-state index contributed by atoms with van der Waals surface area (Å²) in [6, 6.07) is 7.69. The predicted octanol–water partition coefficient (Wildman–Crippen LogP) is 3.03. The zero-order chi connectivity index (χ0) is 14.8. The van der Waals surface area contributed by atoms with Gasteiger partial charge >= 0.3 is 0 Å². The van der Waals surface area contributed by atoms with Gasteiger partial charge in [-0.25, -0.2) is 4.98 Å². The van der Waals surface area contributed by atoms with Crippen molar-refractivity contribution < 1.29 is 4.79 Å². The SMILES string of the molecule is NC1CCN(C(=O)c2csc(-c3ccc(Cl)cc3)n2)CC1. The van der Waals surface area contributed by atoms with E-state index in [4.69, 9.17) is 17.3 Å². The van der Waals surface area contributed by atoms with Crippen LogP contribution >= 0.6 is 22.9 Å². The smallest absolute Gasteiger partial charge is 0.273 e. The topological polar surface area (TPSA) is 59.2 Å². The Kier molecular flexibility index (Phi) is 4.24. The van der Waals surface area contributed by atoms with Crippen LogP contribution in [-0.4, -0.2) is 34.9 Å². The van der Waals surface area contributed by atoms with Crippen LogP contribution < -0.4 is 5.73 Å². The minimum Gasteiger partial charge on any atom is -0.337 e. The Morgan fingerprint density at radius 1 is 1.29 bits per heavy atom. The van der Waals surface area contributed by atoms with Crippen molar-refractivity contribution in [3.63, 3.8) is 0 Å². The summed E-state index contributed by atoms with van der Waals surface area (Å²) in [6.07, 6.45) is 1.72. The second-order valence-corrected chi connectivity index (χ2v) is 6.47. The Labute approximate surface area is 132 Å². The van der Waals surface area contributed by atoms with Crippen molar-refractivity contribution in [2.45, 2.75) is 18.9 Å². The second kappa shape index (κ2) is 6.13. The van der Waals surface area contributed by atoms with Gasteiger partial charge in [-0.2, -0.15) is 0 Å². The Hall–Kier alpha value is -1.43. The van der Waals surface area contributed by atoms with Crippen molar-refractivity contribution in [1.29, 1.82) is 0 Å². The fourth-order valence-electron chi connectivity index (χ4n) is 2.36. The van der Waals surface area contributed by atoms with Crippen molar-refractivity contribution in [3.8, 4) is 10.6 Å². The number of rotatable bonds is 2. The van der Waals surface area contributed by atoms with E-state index in [1.165, 1.54) is 11.3 Å². The molecule has 2 N–H and O–H groups in total. The summed E-state index contributed by atoms with van der Waals surface area (Å²) in [5.74, 6) is -0.00152. The maximum Gasteiger partial charge on any atom is 0.273 e. The molecule has 21 heavy (non-hydrogen) atoms. The first-order valence-corrected chi connectivity index (χ1v) is 8.15. The van der Waals surface area contributed by atoms with Gasteiger partial charge in [0.25, 0.3) is 5.91 Å². The molecule has 3 rings (SSSR count). The summed E-state index contributed by atoms with van der Waals surface area (Å²) >= 11 is 7.36. The first-order chi connectivity index (χ1) is 10.1. The van der Waals surface area contributed by atoms with Crippen molar-refractivity contribution >= 4 is 28.8 Å². The summed E-state index contributed by atoms with van der Waals surface area (Å²) in [6.45, 7) is 1.43. The van der Waals surface area contributed by atoms with Crippen LogP contribution in [0, 0.1) is 0 Å². The lowest BCUT2D eigenvalue weighted by Gasteiger charge is -2.29. The van der Waals surface area contributed by atoms with Crippen LogP contribution in [0.1, 0.15) is 23.3 Å². The zero-order valence-electron chi connectivity index (χ0n) is 11.5. The van der Waals surface area contributed by atoms with E-state index in [-0.39, 0.29) is 11.9 Å². The third-order valence-electron chi connectivity index (χ3n) is 3.64. The molecule has 0 aliphatic carbocycles. The van der Waals surface area contributed by atoms with Crippen LogP contribution in [0.25, 0.3) is 10.6 Å². The van der Waals surface area contributed by atoms with Crippen molar-refractivity contribution in [3.05, 3.63) is 40.4 Å². The molecular weight excluding hydrogens is 306 g/mol. The van der Waals surface area contributed by atoms with Crippen LogP contribution in [0.4, 0.5) is 0 Å². The molecular formula is C15H16ClN3OS. The van der Waals surface area contributed by atoms with E-state index in [2.05, 4.69) is 4.98 Å². The number of amides is 1. The maximum atomic E-state index is 12.4. The summed E-state index contributed by atoms with van der Waals surface area (Å²) < 4.78 is 0.